The zero-order chi connectivity index (χ0) is 11.4. The second-order valence-electron chi connectivity index (χ2n) is 3.36. The SMILES string of the molecule is CNCC#Cc1ccc2c(Cl)ccnc2c1. The molecule has 0 spiro atoms. The molecule has 0 aliphatic rings. The second-order valence-corrected chi connectivity index (χ2v) is 3.76. The topological polar surface area (TPSA) is 24.9 Å². The summed E-state index contributed by atoms with van der Waals surface area (Å²) in [6.07, 6.45) is 1.70. The van der Waals surface area contributed by atoms with Gasteiger partial charge in [-0.2, -0.15) is 0 Å². The van der Waals surface area contributed by atoms with E-state index in [9.17, 15) is 0 Å². The average Bonchev–Trinajstić information content (AvgIpc) is 2.30. The first kappa shape index (κ1) is 10.9. The van der Waals surface area contributed by atoms with Crippen LogP contribution in [0.5, 0.6) is 0 Å². The van der Waals surface area contributed by atoms with Crippen molar-refractivity contribution in [1.82, 2.24) is 10.3 Å². The Morgan fingerprint density at radius 3 is 3.06 bits per heavy atom. The summed E-state index contributed by atoms with van der Waals surface area (Å²) in [6, 6.07) is 7.65. The number of nitrogens with one attached hydrogen (secondary N) is 1. The molecule has 0 unspecified atom stereocenters. The van der Waals surface area contributed by atoms with Gasteiger partial charge in [-0.3, -0.25) is 4.98 Å². The van der Waals surface area contributed by atoms with Gasteiger partial charge in [-0.05, 0) is 25.2 Å². The third kappa shape index (κ3) is 2.33. The molecule has 1 N–H and O–H groups in total. The number of pyridine rings is 1. The molecule has 2 aromatic rings. The van der Waals surface area contributed by atoms with Crippen molar-refractivity contribution < 1.29 is 0 Å². The van der Waals surface area contributed by atoms with Crippen molar-refractivity contribution in [3.05, 3.63) is 41.0 Å². The zero-order valence-electron chi connectivity index (χ0n) is 8.92. The fourth-order valence-corrected chi connectivity index (χ4v) is 1.64. The number of benzene rings is 1. The van der Waals surface area contributed by atoms with Gasteiger partial charge >= 0.3 is 0 Å². The van der Waals surface area contributed by atoms with Crippen LogP contribution in [-0.2, 0) is 0 Å². The Bertz CT molecular complexity index is 567. The molecule has 1 heterocycles. The van der Waals surface area contributed by atoms with Gasteiger partial charge in [0.05, 0.1) is 17.1 Å². The number of aromatic nitrogens is 1. The van der Waals surface area contributed by atoms with Crippen LogP contribution in [0.3, 0.4) is 0 Å². The maximum atomic E-state index is 6.05. The third-order valence-corrected chi connectivity index (χ3v) is 2.52. The molecule has 0 radical (unpaired) electrons. The third-order valence-electron chi connectivity index (χ3n) is 2.19. The lowest BCUT2D eigenvalue weighted by Crippen LogP contribution is -2.04. The lowest BCUT2D eigenvalue weighted by molar-refractivity contribution is 0.938. The number of fused-ring (bicyclic) bond motifs is 1. The first-order valence-electron chi connectivity index (χ1n) is 4.99. The average molecular weight is 231 g/mol. The van der Waals surface area contributed by atoms with Crippen molar-refractivity contribution in [1.29, 1.82) is 0 Å². The summed E-state index contributed by atoms with van der Waals surface area (Å²) in [5, 5.41) is 4.66. The Labute approximate surface area is 99.6 Å². The quantitative estimate of drug-likeness (QED) is 0.762. The van der Waals surface area contributed by atoms with Gasteiger partial charge in [0.25, 0.3) is 0 Å². The molecular formula is C13H11ClN2. The molecular weight excluding hydrogens is 220 g/mol. The van der Waals surface area contributed by atoms with E-state index < -0.39 is 0 Å². The van der Waals surface area contributed by atoms with E-state index in [1.165, 1.54) is 0 Å². The Morgan fingerprint density at radius 1 is 1.38 bits per heavy atom. The van der Waals surface area contributed by atoms with Gasteiger partial charge in [-0.25, -0.2) is 0 Å². The Balaban J connectivity index is 2.42. The lowest BCUT2D eigenvalue weighted by Gasteiger charge is -1.99. The van der Waals surface area contributed by atoms with E-state index in [0.717, 1.165) is 21.5 Å². The molecule has 1 aromatic carbocycles. The summed E-state index contributed by atoms with van der Waals surface area (Å²) < 4.78 is 0. The summed E-state index contributed by atoms with van der Waals surface area (Å²) >= 11 is 6.05. The highest BCUT2D eigenvalue weighted by atomic mass is 35.5. The van der Waals surface area contributed by atoms with Crippen LogP contribution in [-0.4, -0.2) is 18.6 Å². The fourth-order valence-electron chi connectivity index (χ4n) is 1.43. The molecule has 0 amide bonds. The molecule has 0 fully saturated rings. The summed E-state index contributed by atoms with van der Waals surface area (Å²) in [5.41, 5.74) is 1.83. The predicted molar refractivity (Wildman–Crippen MR) is 67.6 cm³/mol. The van der Waals surface area contributed by atoms with E-state index in [0.29, 0.717) is 6.54 Å². The first-order valence-corrected chi connectivity index (χ1v) is 5.37. The van der Waals surface area contributed by atoms with Crippen molar-refractivity contribution in [3.8, 4) is 11.8 Å². The molecule has 2 nitrogen and oxygen atoms in total. The molecule has 80 valence electrons. The van der Waals surface area contributed by atoms with E-state index in [1.54, 1.807) is 12.3 Å². The van der Waals surface area contributed by atoms with E-state index in [4.69, 9.17) is 11.6 Å². The first-order chi connectivity index (χ1) is 7.81. The van der Waals surface area contributed by atoms with Crippen LogP contribution in [0.2, 0.25) is 5.02 Å². The van der Waals surface area contributed by atoms with Gasteiger partial charge in [0.15, 0.2) is 0 Å². The van der Waals surface area contributed by atoms with E-state index in [-0.39, 0.29) is 0 Å². The van der Waals surface area contributed by atoms with Crippen LogP contribution in [0.4, 0.5) is 0 Å². The maximum Gasteiger partial charge on any atom is 0.0729 e. The molecule has 0 atom stereocenters. The number of hydrogen-bond acceptors (Lipinski definition) is 2. The minimum absolute atomic E-state index is 0.682. The second kappa shape index (κ2) is 4.98. The number of hydrogen-bond donors (Lipinski definition) is 1. The molecule has 0 bridgehead atoms. The van der Waals surface area contributed by atoms with Gasteiger partial charge in [-0.15, -0.1) is 0 Å². The summed E-state index contributed by atoms with van der Waals surface area (Å²) in [6.45, 7) is 0.682. The Kier molecular flexibility index (Phi) is 3.40. The maximum absolute atomic E-state index is 6.05. The normalized spacial score (nSPS) is 9.88. The van der Waals surface area contributed by atoms with Crippen LogP contribution in [0, 0.1) is 11.8 Å². The molecule has 0 aliphatic carbocycles. The molecule has 0 aliphatic heterocycles. The molecule has 0 saturated carbocycles. The van der Waals surface area contributed by atoms with E-state index in [1.807, 2.05) is 25.2 Å². The molecule has 16 heavy (non-hydrogen) atoms. The number of nitrogens with zero attached hydrogens (tertiary/aromatic N) is 1. The van der Waals surface area contributed by atoms with E-state index in [2.05, 4.69) is 22.1 Å². The van der Waals surface area contributed by atoms with Crippen LogP contribution >= 0.6 is 11.6 Å². The van der Waals surface area contributed by atoms with Crippen molar-refractivity contribution in [3.63, 3.8) is 0 Å². The monoisotopic (exact) mass is 230 g/mol. The fraction of sp³-hybridized carbons (Fsp3) is 0.154. The van der Waals surface area contributed by atoms with Gasteiger partial charge in [0.1, 0.15) is 0 Å². The van der Waals surface area contributed by atoms with Crippen molar-refractivity contribution in [2.24, 2.45) is 0 Å². The highest BCUT2D eigenvalue weighted by molar-refractivity contribution is 6.35. The Hall–Kier alpha value is -1.56. The molecule has 3 heteroatoms. The van der Waals surface area contributed by atoms with Crippen LogP contribution < -0.4 is 5.32 Å². The van der Waals surface area contributed by atoms with Gasteiger partial charge in [-0.1, -0.05) is 29.5 Å². The standard InChI is InChI=1S/C13H11ClN2/c1-15-7-2-3-10-4-5-11-12(14)6-8-16-13(11)9-10/h4-6,8-9,15H,7H2,1H3. The smallest absolute Gasteiger partial charge is 0.0729 e. The predicted octanol–water partition coefficient (Wildman–Crippen LogP) is 2.46. The van der Waals surface area contributed by atoms with Crippen LogP contribution in [0.1, 0.15) is 5.56 Å². The molecule has 2 rings (SSSR count). The van der Waals surface area contributed by atoms with Gasteiger partial charge in [0, 0.05) is 17.1 Å². The van der Waals surface area contributed by atoms with Crippen LogP contribution in [0.15, 0.2) is 30.5 Å². The van der Waals surface area contributed by atoms with Crippen molar-refractivity contribution >= 4 is 22.5 Å². The molecule has 1 aromatic heterocycles. The highest BCUT2D eigenvalue weighted by Gasteiger charge is 1.99. The van der Waals surface area contributed by atoms with Gasteiger partial charge < -0.3 is 5.32 Å². The minimum Gasteiger partial charge on any atom is -0.309 e. The zero-order valence-corrected chi connectivity index (χ0v) is 9.67. The summed E-state index contributed by atoms with van der Waals surface area (Å²) in [7, 11) is 1.87. The summed E-state index contributed by atoms with van der Waals surface area (Å²) in [5.74, 6) is 6.07. The largest absolute Gasteiger partial charge is 0.309 e. The van der Waals surface area contributed by atoms with E-state index >= 15 is 0 Å². The van der Waals surface area contributed by atoms with Crippen molar-refractivity contribution in [2.45, 2.75) is 0 Å². The Morgan fingerprint density at radius 2 is 2.25 bits per heavy atom. The highest BCUT2D eigenvalue weighted by Crippen LogP contribution is 2.21. The lowest BCUT2D eigenvalue weighted by atomic mass is 10.1. The number of halogens is 1. The van der Waals surface area contributed by atoms with Crippen molar-refractivity contribution in [2.75, 3.05) is 13.6 Å². The van der Waals surface area contributed by atoms with Crippen LogP contribution in [0.25, 0.3) is 10.9 Å². The number of rotatable bonds is 1. The molecule has 0 saturated heterocycles. The van der Waals surface area contributed by atoms with Gasteiger partial charge in [0.2, 0.25) is 0 Å². The minimum atomic E-state index is 0.682. The summed E-state index contributed by atoms with van der Waals surface area (Å²) in [4.78, 5) is 4.26.